The fourth-order valence-electron chi connectivity index (χ4n) is 3.33. The minimum Gasteiger partial charge on any atom is -0.508 e. The molecule has 0 unspecified atom stereocenters. The van der Waals surface area contributed by atoms with Gasteiger partial charge in [0, 0.05) is 23.9 Å². The molecule has 1 aromatic heterocycles. The van der Waals surface area contributed by atoms with Crippen molar-refractivity contribution in [3.05, 3.63) is 90.5 Å². The van der Waals surface area contributed by atoms with Crippen LogP contribution in [0.15, 0.2) is 110 Å². The van der Waals surface area contributed by atoms with E-state index in [1.807, 2.05) is 36.4 Å². The van der Waals surface area contributed by atoms with Crippen LogP contribution in [0.25, 0.3) is 10.2 Å². The first kappa shape index (κ1) is 23.8. The first-order chi connectivity index (χ1) is 18.1. The van der Waals surface area contributed by atoms with Gasteiger partial charge in [0.15, 0.2) is 0 Å². The zero-order valence-electron chi connectivity index (χ0n) is 19.6. The summed E-state index contributed by atoms with van der Waals surface area (Å²) in [5.74, 6) is 0.702. The van der Waals surface area contributed by atoms with Crippen LogP contribution in [-0.4, -0.2) is 28.5 Å². The number of fused-ring (bicyclic) bond motifs is 1. The minimum atomic E-state index is 0.0161. The fraction of sp³-hybridized carbons (Fsp3) is 0.0370. The summed E-state index contributed by atoms with van der Waals surface area (Å²) in [5.41, 5.74) is 3.21. The van der Waals surface area contributed by atoms with Crippen LogP contribution < -0.4 is 4.74 Å². The lowest BCUT2D eigenvalue weighted by molar-refractivity contribution is 0.415. The number of rotatable bonds is 7. The van der Waals surface area contributed by atoms with Gasteiger partial charge >= 0.3 is 0 Å². The molecule has 0 saturated carbocycles. The molecule has 0 amide bonds. The van der Waals surface area contributed by atoms with Crippen molar-refractivity contribution in [2.75, 3.05) is 7.11 Å². The second-order valence-corrected chi connectivity index (χ2v) is 8.75. The van der Waals surface area contributed by atoms with E-state index in [0.29, 0.717) is 39.2 Å². The average molecular weight is 509 g/mol. The lowest BCUT2D eigenvalue weighted by Crippen LogP contribution is -1.82. The maximum Gasteiger partial charge on any atom is 0.231 e. The third kappa shape index (κ3) is 5.82. The maximum absolute atomic E-state index is 10.3. The molecule has 5 rings (SSSR count). The molecule has 0 aliphatic carbocycles. The van der Waals surface area contributed by atoms with Crippen molar-refractivity contribution < 1.29 is 14.9 Å². The second kappa shape index (κ2) is 10.8. The number of ether oxygens (including phenoxy) is 1. The monoisotopic (exact) mass is 508 g/mol. The molecule has 0 spiro atoms. The highest BCUT2D eigenvalue weighted by molar-refractivity contribution is 7.21. The lowest BCUT2D eigenvalue weighted by atomic mass is 10.2. The summed E-state index contributed by atoms with van der Waals surface area (Å²) in [5, 5.41) is 37.8. The molecular formula is C27H20N6O3S. The van der Waals surface area contributed by atoms with E-state index in [4.69, 9.17) is 4.74 Å². The molecule has 0 fully saturated rings. The van der Waals surface area contributed by atoms with E-state index in [1.54, 1.807) is 37.4 Å². The van der Waals surface area contributed by atoms with Crippen LogP contribution in [0.5, 0.6) is 17.2 Å². The first-order valence-electron chi connectivity index (χ1n) is 11.1. The van der Waals surface area contributed by atoms with Crippen LogP contribution in [0.4, 0.5) is 27.9 Å². The molecule has 182 valence electrons. The number of phenolic OH excluding ortho intramolecular Hbond substituents is 2. The van der Waals surface area contributed by atoms with Gasteiger partial charge in [0.05, 0.1) is 34.4 Å². The summed E-state index contributed by atoms with van der Waals surface area (Å²) in [4.78, 5) is 8.87. The van der Waals surface area contributed by atoms with Crippen LogP contribution in [0.3, 0.4) is 0 Å². The summed E-state index contributed by atoms with van der Waals surface area (Å²) in [6, 6.07) is 24.3. The van der Waals surface area contributed by atoms with E-state index in [9.17, 15) is 10.2 Å². The molecular weight excluding hydrogens is 488 g/mol. The molecule has 2 N–H and O–H groups in total. The third-order valence-electron chi connectivity index (χ3n) is 5.17. The van der Waals surface area contributed by atoms with Crippen molar-refractivity contribution in [3.8, 4) is 17.2 Å². The zero-order chi connectivity index (χ0) is 25.6. The number of benzene rings is 4. The summed E-state index contributed by atoms with van der Waals surface area (Å²) < 4.78 is 6.24. The molecule has 1 heterocycles. The number of azo groups is 2. The van der Waals surface area contributed by atoms with Crippen LogP contribution >= 0.6 is 11.3 Å². The number of hydrogen-bond donors (Lipinski definition) is 2. The van der Waals surface area contributed by atoms with E-state index in [-0.39, 0.29) is 11.5 Å². The number of aromatic hydroxyl groups is 2. The number of aromatic nitrogens is 1. The third-order valence-corrected chi connectivity index (χ3v) is 6.09. The highest BCUT2D eigenvalue weighted by atomic mass is 32.1. The Morgan fingerprint density at radius 2 is 1.62 bits per heavy atom. The van der Waals surface area contributed by atoms with E-state index in [2.05, 4.69) is 30.4 Å². The Labute approximate surface area is 215 Å². The van der Waals surface area contributed by atoms with Crippen molar-refractivity contribution in [1.82, 2.24) is 4.98 Å². The number of methoxy groups -OCH3 is 1. The van der Waals surface area contributed by atoms with Gasteiger partial charge < -0.3 is 14.9 Å². The number of hydrogen-bond acceptors (Lipinski definition) is 10. The predicted octanol–water partition coefficient (Wildman–Crippen LogP) is 8.30. The summed E-state index contributed by atoms with van der Waals surface area (Å²) >= 11 is 1.44. The first-order valence-corrected chi connectivity index (χ1v) is 11.9. The van der Waals surface area contributed by atoms with E-state index in [1.165, 1.54) is 35.8 Å². The van der Waals surface area contributed by atoms with E-state index in [0.717, 1.165) is 10.2 Å². The minimum absolute atomic E-state index is 0.0161. The number of nitrogens with zero attached hydrogens (tertiary/aromatic N) is 6. The van der Waals surface area contributed by atoms with Crippen LogP contribution in [0.1, 0.15) is 5.56 Å². The molecule has 0 bridgehead atoms. The Bertz CT molecular complexity index is 1630. The Hall–Kier alpha value is -4.96. The van der Waals surface area contributed by atoms with Crippen molar-refractivity contribution >= 4 is 55.6 Å². The van der Waals surface area contributed by atoms with Crippen LogP contribution in [0.2, 0.25) is 0 Å². The molecule has 4 aromatic carbocycles. The zero-order valence-corrected chi connectivity index (χ0v) is 20.4. The van der Waals surface area contributed by atoms with E-state index >= 15 is 0 Å². The molecule has 0 aliphatic rings. The average Bonchev–Trinajstić information content (AvgIpc) is 3.34. The topological polar surface area (TPSA) is 124 Å². The summed E-state index contributed by atoms with van der Waals surface area (Å²) in [6.45, 7) is 0. The Balaban J connectivity index is 1.39. The normalized spacial score (nSPS) is 11.8. The van der Waals surface area contributed by atoms with Crippen molar-refractivity contribution in [1.29, 1.82) is 0 Å². The molecule has 9 nitrogen and oxygen atoms in total. The van der Waals surface area contributed by atoms with Gasteiger partial charge in [-0.25, -0.2) is 4.98 Å². The van der Waals surface area contributed by atoms with Crippen molar-refractivity contribution in [3.63, 3.8) is 0 Å². The number of thiazole rings is 1. The van der Waals surface area contributed by atoms with Gasteiger partial charge in [-0.05, 0) is 54.6 Å². The number of phenols is 2. The van der Waals surface area contributed by atoms with Gasteiger partial charge in [-0.2, -0.15) is 5.11 Å². The molecule has 5 aromatic rings. The number of aliphatic imine (C=N–C) groups is 1. The fourth-order valence-corrected chi connectivity index (χ4v) is 4.12. The van der Waals surface area contributed by atoms with Gasteiger partial charge in [0.1, 0.15) is 22.9 Å². The molecule has 0 radical (unpaired) electrons. The lowest BCUT2D eigenvalue weighted by Gasteiger charge is -2.03. The molecule has 37 heavy (non-hydrogen) atoms. The Morgan fingerprint density at radius 1 is 0.784 bits per heavy atom. The second-order valence-electron chi connectivity index (χ2n) is 7.74. The Kier molecular flexibility index (Phi) is 6.91. The standard InChI is InChI=1S/C27H20N6O3S/c1-36-21-6-4-5-18(14-21)30-32-22-11-10-20(34)15-24(22)28-16-17-13-19(9-12-25(17)35)31-33-27-29-23-7-2-3-8-26(23)37-27/h2-16,34-35H,1H3. The van der Waals surface area contributed by atoms with Gasteiger partial charge in [-0.3, -0.25) is 4.99 Å². The SMILES string of the molecule is COc1cccc(N=Nc2ccc(O)cc2N=Cc2cc(N=Nc3nc4ccccc4s3)ccc2O)c1. The van der Waals surface area contributed by atoms with Crippen molar-refractivity contribution in [2.24, 2.45) is 25.4 Å². The molecule has 0 saturated heterocycles. The van der Waals surface area contributed by atoms with Crippen LogP contribution in [-0.2, 0) is 0 Å². The Morgan fingerprint density at radius 3 is 2.49 bits per heavy atom. The van der Waals surface area contributed by atoms with Gasteiger partial charge in [-0.15, -0.1) is 15.3 Å². The summed E-state index contributed by atoms with van der Waals surface area (Å²) in [7, 11) is 1.58. The van der Waals surface area contributed by atoms with Crippen LogP contribution in [0, 0.1) is 0 Å². The van der Waals surface area contributed by atoms with Gasteiger partial charge in [0.2, 0.25) is 5.13 Å². The van der Waals surface area contributed by atoms with E-state index < -0.39 is 0 Å². The highest BCUT2D eigenvalue weighted by Gasteiger charge is 2.06. The maximum atomic E-state index is 10.3. The largest absolute Gasteiger partial charge is 0.508 e. The smallest absolute Gasteiger partial charge is 0.231 e. The molecule has 0 atom stereocenters. The van der Waals surface area contributed by atoms with Gasteiger partial charge in [-0.1, -0.05) is 29.5 Å². The van der Waals surface area contributed by atoms with Crippen molar-refractivity contribution in [2.45, 2.75) is 0 Å². The predicted molar refractivity (Wildman–Crippen MR) is 144 cm³/mol. The quantitative estimate of drug-likeness (QED) is 0.169. The highest BCUT2D eigenvalue weighted by Crippen LogP contribution is 2.34. The molecule has 0 aliphatic heterocycles. The molecule has 10 heteroatoms. The summed E-state index contributed by atoms with van der Waals surface area (Å²) in [6.07, 6.45) is 1.46. The number of para-hydroxylation sites is 1. The van der Waals surface area contributed by atoms with Gasteiger partial charge in [0.25, 0.3) is 0 Å².